The molecule has 36 heavy (non-hydrogen) atoms. The minimum Gasteiger partial charge on any atom is -0.350 e. The summed E-state index contributed by atoms with van der Waals surface area (Å²) in [4.78, 5) is 12.2. The fraction of sp³-hybridized carbons (Fsp3) is 0.208. The molecule has 0 saturated heterocycles. The maximum Gasteiger partial charge on any atom is 0.336 e. The Morgan fingerprint density at radius 2 is 1.78 bits per heavy atom. The van der Waals surface area contributed by atoms with Crippen LogP contribution in [0.4, 0.5) is 17.6 Å². The number of carbonyl (C=O) groups excluding carboxylic acids is 1. The van der Waals surface area contributed by atoms with Crippen molar-refractivity contribution in [3.8, 4) is 11.3 Å². The molecule has 12 heteroatoms. The predicted molar refractivity (Wildman–Crippen MR) is 122 cm³/mol. The van der Waals surface area contributed by atoms with Gasteiger partial charge in [-0.25, -0.2) is 8.78 Å². The number of halogens is 4. The second-order valence-electron chi connectivity index (χ2n) is 8.60. The summed E-state index contributed by atoms with van der Waals surface area (Å²) < 4.78 is 62.7. The van der Waals surface area contributed by atoms with Gasteiger partial charge in [-0.1, -0.05) is 6.07 Å². The van der Waals surface area contributed by atoms with Crippen molar-refractivity contribution in [2.75, 3.05) is 0 Å². The normalized spacial score (nSPS) is 12.1. The number of carbonyl (C=O) groups is 1. The van der Waals surface area contributed by atoms with Crippen LogP contribution in [-0.4, -0.2) is 41.5 Å². The maximum absolute atomic E-state index is 15.6. The van der Waals surface area contributed by atoms with E-state index in [-0.39, 0.29) is 34.0 Å². The minimum absolute atomic E-state index is 0.00954. The van der Waals surface area contributed by atoms with Crippen molar-refractivity contribution in [3.05, 3.63) is 77.2 Å². The fourth-order valence-corrected chi connectivity index (χ4v) is 3.87. The molecule has 0 fully saturated rings. The quantitative estimate of drug-likeness (QED) is 0.367. The summed E-state index contributed by atoms with van der Waals surface area (Å²) in [6, 6.07) is 8.42. The van der Waals surface area contributed by atoms with Crippen LogP contribution in [0.1, 0.15) is 35.6 Å². The van der Waals surface area contributed by atoms with E-state index in [2.05, 4.69) is 25.7 Å². The Bertz CT molecular complexity index is 1640. The Labute approximate surface area is 201 Å². The molecule has 0 spiro atoms. The average Bonchev–Trinajstić information content (AvgIpc) is 3.39. The highest BCUT2D eigenvalue weighted by Crippen LogP contribution is 2.37. The molecule has 5 aromatic rings. The average molecular weight is 497 g/mol. The van der Waals surface area contributed by atoms with Gasteiger partial charge in [-0.05, 0) is 44.2 Å². The van der Waals surface area contributed by atoms with Crippen LogP contribution in [-0.2, 0) is 13.0 Å². The molecule has 1 amide bonds. The molecule has 1 N–H and O–H groups in total. The lowest BCUT2D eigenvalue weighted by Gasteiger charge is -2.15. The molecule has 0 saturated carbocycles. The Morgan fingerprint density at radius 3 is 2.50 bits per heavy atom. The second-order valence-corrected chi connectivity index (χ2v) is 8.60. The first kappa shape index (κ1) is 23.4. The molecule has 0 atom stereocenters. The molecule has 0 aliphatic heterocycles. The monoisotopic (exact) mass is 497 g/mol. The summed E-state index contributed by atoms with van der Waals surface area (Å²) in [5, 5.41) is 18.4. The lowest BCUT2D eigenvalue weighted by Crippen LogP contribution is -2.30. The first-order valence-electron chi connectivity index (χ1n) is 10.9. The van der Waals surface area contributed by atoms with Crippen LogP contribution >= 0.6 is 0 Å². The van der Waals surface area contributed by atoms with Gasteiger partial charge in [0.15, 0.2) is 5.65 Å². The number of nitrogens with zero attached hydrogens (tertiary/aromatic N) is 6. The molecular weight excluding hydrogens is 478 g/mol. The summed E-state index contributed by atoms with van der Waals surface area (Å²) in [6.07, 6.45) is 1.49. The zero-order chi connectivity index (χ0) is 25.8. The van der Waals surface area contributed by atoms with Crippen molar-refractivity contribution in [1.29, 1.82) is 0 Å². The number of rotatable bonds is 5. The van der Waals surface area contributed by atoms with Crippen molar-refractivity contribution in [3.63, 3.8) is 0 Å². The molecule has 0 aliphatic rings. The van der Waals surface area contributed by atoms with E-state index in [1.165, 1.54) is 35.1 Å². The largest absolute Gasteiger partial charge is 0.350 e. The summed E-state index contributed by atoms with van der Waals surface area (Å²) in [6.45, 7) is 3.49. The molecule has 0 radical (unpaired) electrons. The third-order valence-electron chi connectivity index (χ3n) is 5.52. The molecule has 3 aromatic heterocycles. The summed E-state index contributed by atoms with van der Waals surface area (Å²) in [7, 11) is 1.60. The number of hydrogen-bond donors (Lipinski definition) is 1. The van der Waals surface area contributed by atoms with Crippen molar-refractivity contribution in [2.45, 2.75) is 25.8 Å². The molecule has 0 aliphatic carbocycles. The van der Waals surface area contributed by atoms with Crippen molar-refractivity contribution in [2.24, 2.45) is 7.05 Å². The Morgan fingerprint density at radius 1 is 1.00 bits per heavy atom. The summed E-state index contributed by atoms with van der Waals surface area (Å²) in [5.41, 5.74) is -0.487. The number of benzene rings is 2. The van der Waals surface area contributed by atoms with Crippen LogP contribution in [0.3, 0.4) is 0 Å². The molecule has 184 valence electrons. The molecule has 8 nitrogen and oxygen atoms in total. The standard InChI is InChI=1S/C24H19F4N7O/c1-12(2)29-22(36)15-5-4-13(9-17(15)25)19-6-7-21-30-31-23(35(21)33-19)24(27,28)16-8-14-11-34(3)32-20(14)10-18(16)26/h4-12H,1-3H3,(H,29,36). The van der Waals surface area contributed by atoms with Gasteiger partial charge in [0, 0.05) is 36.3 Å². The van der Waals surface area contributed by atoms with Crippen LogP contribution < -0.4 is 5.32 Å². The van der Waals surface area contributed by atoms with Crippen LogP contribution in [0.25, 0.3) is 27.8 Å². The van der Waals surface area contributed by atoms with Gasteiger partial charge in [0.25, 0.3) is 5.91 Å². The Balaban J connectivity index is 1.57. The van der Waals surface area contributed by atoms with Gasteiger partial charge in [-0.2, -0.15) is 23.5 Å². The van der Waals surface area contributed by atoms with E-state index in [0.29, 0.717) is 5.39 Å². The number of aromatic nitrogens is 6. The molecule has 3 heterocycles. The number of fused-ring (bicyclic) bond motifs is 2. The molecule has 5 rings (SSSR count). The maximum atomic E-state index is 15.6. The predicted octanol–water partition coefficient (Wildman–Crippen LogP) is 4.23. The van der Waals surface area contributed by atoms with Crippen LogP contribution in [0.5, 0.6) is 0 Å². The lowest BCUT2D eigenvalue weighted by molar-refractivity contribution is 0.0270. The third-order valence-corrected chi connectivity index (χ3v) is 5.52. The molecule has 2 aromatic carbocycles. The van der Waals surface area contributed by atoms with Crippen molar-refractivity contribution in [1.82, 2.24) is 34.9 Å². The van der Waals surface area contributed by atoms with Gasteiger partial charge >= 0.3 is 5.92 Å². The van der Waals surface area contributed by atoms with E-state index in [4.69, 9.17) is 0 Å². The Kier molecular flexibility index (Phi) is 5.46. The highest BCUT2D eigenvalue weighted by molar-refractivity contribution is 5.95. The first-order valence-corrected chi connectivity index (χ1v) is 10.9. The second kappa shape index (κ2) is 8.40. The number of nitrogens with one attached hydrogen (secondary N) is 1. The number of alkyl halides is 2. The van der Waals surface area contributed by atoms with E-state index < -0.39 is 34.9 Å². The topological polar surface area (TPSA) is 90.0 Å². The van der Waals surface area contributed by atoms with Crippen molar-refractivity contribution < 1.29 is 22.4 Å². The van der Waals surface area contributed by atoms with Gasteiger partial charge in [-0.15, -0.1) is 10.2 Å². The SMILES string of the molecule is CC(C)NC(=O)c1ccc(-c2ccc3nnc(C(F)(F)c4cc5cn(C)nc5cc4F)n3n2)cc1F. The highest BCUT2D eigenvalue weighted by atomic mass is 19.3. The molecule has 0 unspecified atom stereocenters. The van der Waals surface area contributed by atoms with Crippen LogP contribution in [0, 0.1) is 11.6 Å². The first-order chi connectivity index (χ1) is 17.0. The van der Waals surface area contributed by atoms with Gasteiger partial charge in [-0.3, -0.25) is 9.48 Å². The minimum atomic E-state index is -3.90. The number of hydrogen-bond acceptors (Lipinski definition) is 5. The van der Waals surface area contributed by atoms with E-state index in [0.717, 1.165) is 22.7 Å². The highest BCUT2D eigenvalue weighted by Gasteiger charge is 2.42. The lowest BCUT2D eigenvalue weighted by atomic mass is 10.0. The summed E-state index contributed by atoms with van der Waals surface area (Å²) >= 11 is 0. The molecular formula is C24H19F4N7O. The molecule has 0 bridgehead atoms. The van der Waals surface area contributed by atoms with Gasteiger partial charge < -0.3 is 5.32 Å². The van der Waals surface area contributed by atoms with E-state index in [1.807, 2.05) is 0 Å². The summed E-state index contributed by atoms with van der Waals surface area (Å²) in [5.74, 6) is -7.34. The van der Waals surface area contributed by atoms with Crippen LogP contribution in [0.15, 0.2) is 48.7 Å². The third kappa shape index (κ3) is 3.93. The number of aryl methyl sites for hydroxylation is 1. The zero-order valence-electron chi connectivity index (χ0n) is 19.3. The van der Waals surface area contributed by atoms with Gasteiger partial charge in [0.05, 0.1) is 22.3 Å². The fourth-order valence-electron chi connectivity index (χ4n) is 3.87. The van der Waals surface area contributed by atoms with E-state index in [1.54, 1.807) is 20.9 Å². The van der Waals surface area contributed by atoms with Gasteiger partial charge in [0.1, 0.15) is 11.6 Å². The zero-order valence-corrected chi connectivity index (χ0v) is 19.3. The smallest absolute Gasteiger partial charge is 0.336 e. The van der Waals surface area contributed by atoms with Gasteiger partial charge in [0.2, 0.25) is 5.82 Å². The number of amides is 1. The van der Waals surface area contributed by atoms with Crippen LogP contribution in [0.2, 0.25) is 0 Å². The van der Waals surface area contributed by atoms with E-state index in [9.17, 15) is 13.6 Å². The van der Waals surface area contributed by atoms with Crippen molar-refractivity contribution >= 4 is 22.5 Å². The Hall–Kier alpha value is -4.35. The van der Waals surface area contributed by atoms with E-state index >= 15 is 8.78 Å².